The third kappa shape index (κ3) is 2.58. The number of aromatic nitrogens is 2. The molecule has 0 bridgehead atoms. The molecule has 0 saturated carbocycles. The lowest BCUT2D eigenvalue weighted by atomic mass is 10.1. The van der Waals surface area contributed by atoms with Gasteiger partial charge in [-0.25, -0.2) is 4.68 Å². The molecule has 2 heterocycles. The Morgan fingerprint density at radius 2 is 1.88 bits per heavy atom. The van der Waals surface area contributed by atoms with Crippen LogP contribution >= 0.6 is 23.2 Å². The number of aryl methyl sites for hydroxylation is 1. The lowest BCUT2D eigenvalue weighted by Gasteiger charge is -2.07. The van der Waals surface area contributed by atoms with E-state index in [1.165, 1.54) is 11.1 Å². The Balaban J connectivity index is 1.83. The molecule has 0 spiro atoms. The first-order valence-electron chi connectivity index (χ1n) is 8.08. The molecule has 1 N–H and O–H groups in total. The maximum Gasteiger partial charge on any atom is 0.133 e. The first-order chi connectivity index (χ1) is 11.7. The lowest BCUT2D eigenvalue weighted by molar-refractivity contribution is 0.881. The smallest absolute Gasteiger partial charge is 0.133 e. The van der Waals surface area contributed by atoms with Gasteiger partial charge in [-0.2, -0.15) is 5.10 Å². The quantitative estimate of drug-likeness (QED) is 0.682. The van der Waals surface area contributed by atoms with Crippen LogP contribution in [0.25, 0.3) is 16.9 Å². The number of nitrogens with zero attached hydrogens (tertiary/aromatic N) is 2. The van der Waals surface area contributed by atoms with Gasteiger partial charge in [-0.1, -0.05) is 48.3 Å². The van der Waals surface area contributed by atoms with E-state index < -0.39 is 0 Å². The molecule has 0 amide bonds. The van der Waals surface area contributed by atoms with Crippen molar-refractivity contribution in [3.63, 3.8) is 0 Å². The molecule has 3 aromatic rings. The Bertz CT molecular complexity index is 898. The number of benzene rings is 2. The molecule has 5 heteroatoms. The number of halogens is 2. The van der Waals surface area contributed by atoms with Gasteiger partial charge in [0.25, 0.3) is 0 Å². The first-order valence-corrected chi connectivity index (χ1v) is 8.83. The molecule has 0 aliphatic carbocycles. The van der Waals surface area contributed by atoms with Gasteiger partial charge in [-0.05, 0) is 42.7 Å². The second-order valence-corrected chi connectivity index (χ2v) is 6.73. The summed E-state index contributed by atoms with van der Waals surface area (Å²) in [6.07, 6.45) is 1.99. The molecular formula is C19H17Cl2N3. The average Bonchev–Trinajstić information content (AvgIpc) is 3.20. The van der Waals surface area contributed by atoms with Gasteiger partial charge >= 0.3 is 0 Å². The Morgan fingerprint density at radius 3 is 2.58 bits per heavy atom. The van der Waals surface area contributed by atoms with Crippen molar-refractivity contribution in [2.45, 2.75) is 19.8 Å². The van der Waals surface area contributed by atoms with Crippen LogP contribution in [-0.4, -0.2) is 16.3 Å². The third-order valence-corrected chi connectivity index (χ3v) is 5.17. The summed E-state index contributed by atoms with van der Waals surface area (Å²) in [6, 6.07) is 14.2. The standard InChI is InChI=1S/C19H17Cl2N3/c1-2-12-3-6-14(7-4-12)24-19-15(9-10-22-19)18(23-24)13-5-8-16(20)17(21)11-13/h3-8,11,22H,2,9-10H2,1H3. The van der Waals surface area contributed by atoms with Crippen molar-refractivity contribution < 1.29 is 0 Å². The normalized spacial score (nSPS) is 13.0. The second kappa shape index (κ2) is 6.15. The topological polar surface area (TPSA) is 29.9 Å². The predicted octanol–water partition coefficient (Wildman–Crippen LogP) is 5.38. The van der Waals surface area contributed by atoms with Crippen molar-refractivity contribution in [2.75, 3.05) is 11.9 Å². The summed E-state index contributed by atoms with van der Waals surface area (Å²) in [7, 11) is 0. The van der Waals surface area contributed by atoms with Crippen molar-refractivity contribution in [1.82, 2.24) is 9.78 Å². The molecule has 2 aromatic carbocycles. The zero-order valence-corrected chi connectivity index (χ0v) is 14.8. The van der Waals surface area contributed by atoms with E-state index in [9.17, 15) is 0 Å². The van der Waals surface area contributed by atoms with Gasteiger partial charge in [0.15, 0.2) is 0 Å². The second-order valence-electron chi connectivity index (χ2n) is 5.91. The number of rotatable bonds is 3. The third-order valence-electron chi connectivity index (χ3n) is 4.43. The Morgan fingerprint density at radius 1 is 1.08 bits per heavy atom. The summed E-state index contributed by atoms with van der Waals surface area (Å²) in [5.41, 5.74) is 5.57. The number of fused-ring (bicyclic) bond motifs is 1. The van der Waals surface area contributed by atoms with Gasteiger partial charge in [0, 0.05) is 17.7 Å². The highest BCUT2D eigenvalue weighted by Crippen LogP contribution is 2.36. The Labute approximate surface area is 151 Å². The van der Waals surface area contributed by atoms with Crippen molar-refractivity contribution in [2.24, 2.45) is 0 Å². The highest BCUT2D eigenvalue weighted by atomic mass is 35.5. The minimum atomic E-state index is 0.552. The fourth-order valence-electron chi connectivity index (χ4n) is 3.11. The zero-order chi connectivity index (χ0) is 16.7. The Hall–Kier alpha value is -1.97. The summed E-state index contributed by atoms with van der Waals surface area (Å²) in [4.78, 5) is 0. The minimum Gasteiger partial charge on any atom is -0.369 e. The Kier molecular flexibility index (Phi) is 3.99. The number of hydrogen-bond donors (Lipinski definition) is 1. The van der Waals surface area contributed by atoms with Crippen LogP contribution < -0.4 is 5.32 Å². The van der Waals surface area contributed by atoms with Crippen LogP contribution in [0.15, 0.2) is 42.5 Å². The molecule has 3 nitrogen and oxygen atoms in total. The molecule has 4 rings (SSSR count). The SMILES string of the molecule is CCc1ccc(-n2nc(-c3ccc(Cl)c(Cl)c3)c3c2NCC3)cc1. The van der Waals surface area contributed by atoms with Crippen LogP contribution in [0.2, 0.25) is 10.0 Å². The molecular weight excluding hydrogens is 341 g/mol. The van der Waals surface area contributed by atoms with Gasteiger partial charge in [-0.3, -0.25) is 0 Å². The van der Waals surface area contributed by atoms with Crippen molar-refractivity contribution in [3.05, 3.63) is 63.6 Å². The van der Waals surface area contributed by atoms with Crippen LogP contribution in [-0.2, 0) is 12.8 Å². The van der Waals surface area contributed by atoms with Crippen LogP contribution in [0.4, 0.5) is 5.82 Å². The number of anilines is 1. The fourth-order valence-corrected chi connectivity index (χ4v) is 3.41. The van der Waals surface area contributed by atoms with Gasteiger partial charge in [0.2, 0.25) is 0 Å². The van der Waals surface area contributed by atoms with Crippen LogP contribution in [0, 0.1) is 0 Å². The minimum absolute atomic E-state index is 0.552. The van der Waals surface area contributed by atoms with E-state index in [0.29, 0.717) is 10.0 Å². The maximum absolute atomic E-state index is 6.19. The highest BCUT2D eigenvalue weighted by molar-refractivity contribution is 6.42. The van der Waals surface area contributed by atoms with Crippen LogP contribution in [0.3, 0.4) is 0 Å². The van der Waals surface area contributed by atoms with Crippen molar-refractivity contribution in [3.8, 4) is 16.9 Å². The monoisotopic (exact) mass is 357 g/mol. The van der Waals surface area contributed by atoms with Crippen LogP contribution in [0.5, 0.6) is 0 Å². The molecule has 0 radical (unpaired) electrons. The lowest BCUT2D eigenvalue weighted by Crippen LogP contribution is -2.04. The maximum atomic E-state index is 6.19. The van der Waals surface area contributed by atoms with Crippen molar-refractivity contribution >= 4 is 29.0 Å². The molecule has 24 heavy (non-hydrogen) atoms. The summed E-state index contributed by atoms with van der Waals surface area (Å²) >= 11 is 12.2. The van der Waals surface area contributed by atoms with E-state index >= 15 is 0 Å². The van der Waals surface area contributed by atoms with E-state index in [-0.39, 0.29) is 0 Å². The average molecular weight is 358 g/mol. The van der Waals surface area contributed by atoms with E-state index in [0.717, 1.165) is 42.1 Å². The summed E-state index contributed by atoms with van der Waals surface area (Å²) < 4.78 is 1.99. The largest absolute Gasteiger partial charge is 0.369 e. The van der Waals surface area contributed by atoms with Gasteiger partial charge in [-0.15, -0.1) is 0 Å². The zero-order valence-electron chi connectivity index (χ0n) is 13.3. The molecule has 0 atom stereocenters. The van der Waals surface area contributed by atoms with E-state index in [2.05, 4.69) is 36.5 Å². The first kappa shape index (κ1) is 15.6. The number of nitrogens with one attached hydrogen (secondary N) is 1. The molecule has 1 aliphatic heterocycles. The molecule has 1 aromatic heterocycles. The number of hydrogen-bond acceptors (Lipinski definition) is 2. The molecule has 0 unspecified atom stereocenters. The van der Waals surface area contributed by atoms with Crippen molar-refractivity contribution in [1.29, 1.82) is 0 Å². The molecule has 122 valence electrons. The summed E-state index contributed by atoms with van der Waals surface area (Å²) in [5.74, 6) is 1.07. The van der Waals surface area contributed by atoms with E-state index in [1.54, 1.807) is 0 Å². The van der Waals surface area contributed by atoms with E-state index in [1.807, 2.05) is 22.9 Å². The summed E-state index contributed by atoms with van der Waals surface area (Å²) in [6.45, 7) is 3.08. The van der Waals surface area contributed by atoms with Crippen LogP contribution in [0.1, 0.15) is 18.1 Å². The van der Waals surface area contributed by atoms with Gasteiger partial charge in [0.05, 0.1) is 21.4 Å². The molecule has 0 fully saturated rings. The van der Waals surface area contributed by atoms with Gasteiger partial charge < -0.3 is 5.32 Å². The molecule has 0 saturated heterocycles. The van der Waals surface area contributed by atoms with Gasteiger partial charge in [0.1, 0.15) is 5.82 Å². The predicted molar refractivity (Wildman–Crippen MR) is 101 cm³/mol. The van der Waals surface area contributed by atoms with E-state index in [4.69, 9.17) is 28.3 Å². The highest BCUT2D eigenvalue weighted by Gasteiger charge is 2.24. The fraction of sp³-hybridized carbons (Fsp3) is 0.211. The molecule has 1 aliphatic rings. The summed E-state index contributed by atoms with van der Waals surface area (Å²) in [5, 5.41) is 9.42.